The molecule has 0 bridgehead atoms. The molecule has 38 heavy (non-hydrogen) atoms. The Hall–Kier alpha value is -3.12. The molecule has 1 amide bonds. The quantitative estimate of drug-likeness (QED) is 0.351. The van der Waals surface area contributed by atoms with Crippen LogP contribution >= 0.6 is 11.6 Å². The topological polar surface area (TPSA) is 122 Å². The van der Waals surface area contributed by atoms with E-state index in [4.69, 9.17) is 16.3 Å². The van der Waals surface area contributed by atoms with Gasteiger partial charge in [0.2, 0.25) is 10.0 Å². The number of hydrogen-bond acceptors (Lipinski definition) is 6. The van der Waals surface area contributed by atoms with Gasteiger partial charge in [0, 0.05) is 18.7 Å². The molecule has 1 saturated heterocycles. The summed E-state index contributed by atoms with van der Waals surface area (Å²) in [6, 6.07) is 17.1. The van der Waals surface area contributed by atoms with Crippen molar-refractivity contribution in [2.24, 2.45) is 0 Å². The zero-order chi connectivity index (χ0) is 27.3. The fraction of sp³-hybridized carbons (Fsp3) is 0.269. The molecule has 0 aliphatic carbocycles. The van der Waals surface area contributed by atoms with Crippen LogP contribution in [0.1, 0.15) is 28.8 Å². The molecule has 1 heterocycles. The van der Waals surface area contributed by atoms with Gasteiger partial charge in [-0.1, -0.05) is 29.8 Å². The van der Waals surface area contributed by atoms with Crippen molar-refractivity contribution in [3.05, 3.63) is 82.9 Å². The second-order valence-corrected chi connectivity index (χ2v) is 12.7. The van der Waals surface area contributed by atoms with Crippen molar-refractivity contribution in [3.8, 4) is 5.75 Å². The van der Waals surface area contributed by atoms with Crippen LogP contribution in [0.3, 0.4) is 0 Å². The normalized spacial score (nSPS) is 14.3. The van der Waals surface area contributed by atoms with E-state index in [9.17, 15) is 21.6 Å². The van der Waals surface area contributed by atoms with Gasteiger partial charge >= 0.3 is 0 Å². The van der Waals surface area contributed by atoms with Gasteiger partial charge in [0.05, 0.1) is 22.2 Å². The Morgan fingerprint density at radius 2 is 1.66 bits per heavy atom. The lowest BCUT2D eigenvalue weighted by Gasteiger charge is -2.15. The third-order valence-corrected chi connectivity index (χ3v) is 9.82. The molecule has 9 nitrogen and oxygen atoms in total. The van der Waals surface area contributed by atoms with Gasteiger partial charge in [0.25, 0.3) is 15.9 Å². The van der Waals surface area contributed by atoms with Crippen LogP contribution in [0.4, 0.5) is 5.69 Å². The highest BCUT2D eigenvalue weighted by atomic mass is 35.5. The number of halogens is 1. The molecule has 4 rings (SSSR count). The van der Waals surface area contributed by atoms with Crippen molar-refractivity contribution in [2.45, 2.75) is 29.6 Å². The van der Waals surface area contributed by atoms with Crippen molar-refractivity contribution in [3.63, 3.8) is 0 Å². The van der Waals surface area contributed by atoms with E-state index in [2.05, 4.69) is 10.0 Å². The first-order chi connectivity index (χ1) is 18.1. The first-order valence-electron chi connectivity index (χ1n) is 12.0. The summed E-state index contributed by atoms with van der Waals surface area (Å²) < 4.78 is 60.7. The van der Waals surface area contributed by atoms with E-state index < -0.39 is 26.0 Å². The molecule has 3 aromatic carbocycles. The molecule has 0 saturated carbocycles. The van der Waals surface area contributed by atoms with Gasteiger partial charge in [-0.05, 0) is 73.9 Å². The number of anilines is 1. The highest BCUT2D eigenvalue weighted by Crippen LogP contribution is 2.26. The molecule has 12 heteroatoms. The van der Waals surface area contributed by atoms with Crippen LogP contribution in [-0.2, 0) is 20.0 Å². The maximum absolute atomic E-state index is 12.9. The number of para-hydroxylation sites is 1. The van der Waals surface area contributed by atoms with Crippen LogP contribution in [0.25, 0.3) is 0 Å². The van der Waals surface area contributed by atoms with Crippen LogP contribution < -0.4 is 14.8 Å². The summed E-state index contributed by atoms with van der Waals surface area (Å²) in [5.74, 6) is -0.0357. The van der Waals surface area contributed by atoms with Gasteiger partial charge < -0.3 is 10.1 Å². The summed E-state index contributed by atoms with van der Waals surface area (Å²) in [4.78, 5) is 12.6. The minimum absolute atomic E-state index is 0.0128. The van der Waals surface area contributed by atoms with Crippen molar-refractivity contribution in [2.75, 3.05) is 31.0 Å². The summed E-state index contributed by atoms with van der Waals surface area (Å²) in [5.41, 5.74) is 1.28. The van der Waals surface area contributed by atoms with Crippen LogP contribution in [0, 0.1) is 6.92 Å². The highest BCUT2D eigenvalue weighted by molar-refractivity contribution is 7.92. The number of sulfonamides is 2. The molecule has 0 unspecified atom stereocenters. The molecule has 0 aromatic heterocycles. The predicted octanol–water partition coefficient (Wildman–Crippen LogP) is 4.04. The summed E-state index contributed by atoms with van der Waals surface area (Å²) in [6.07, 6.45) is 1.73. The molecule has 1 fully saturated rings. The second-order valence-electron chi connectivity index (χ2n) is 8.75. The predicted molar refractivity (Wildman–Crippen MR) is 146 cm³/mol. The Morgan fingerprint density at radius 3 is 2.34 bits per heavy atom. The number of amides is 1. The van der Waals surface area contributed by atoms with Crippen molar-refractivity contribution in [1.29, 1.82) is 0 Å². The van der Waals surface area contributed by atoms with E-state index in [1.807, 2.05) is 0 Å². The fourth-order valence-electron chi connectivity index (χ4n) is 3.96. The fourth-order valence-corrected chi connectivity index (χ4v) is 7.13. The molecule has 202 valence electrons. The number of carbonyl (C=O) groups excluding carboxylic acids is 1. The number of hydrogen-bond donors (Lipinski definition) is 2. The van der Waals surface area contributed by atoms with E-state index >= 15 is 0 Å². The van der Waals surface area contributed by atoms with Crippen LogP contribution in [0.15, 0.2) is 76.5 Å². The van der Waals surface area contributed by atoms with Gasteiger partial charge in [0.15, 0.2) is 0 Å². The number of rotatable bonds is 10. The van der Waals surface area contributed by atoms with Crippen LogP contribution in [-0.4, -0.2) is 53.3 Å². The van der Waals surface area contributed by atoms with Crippen LogP contribution in [0.5, 0.6) is 5.75 Å². The Kier molecular flexibility index (Phi) is 8.61. The summed E-state index contributed by atoms with van der Waals surface area (Å²) in [7, 11) is -7.53. The number of benzene rings is 3. The molecule has 0 atom stereocenters. The van der Waals surface area contributed by atoms with Gasteiger partial charge in [0.1, 0.15) is 17.3 Å². The minimum Gasteiger partial charge on any atom is -0.492 e. The molecule has 2 N–H and O–H groups in total. The first kappa shape index (κ1) is 27.9. The van der Waals surface area contributed by atoms with Crippen molar-refractivity contribution >= 4 is 43.2 Å². The summed E-state index contributed by atoms with van der Waals surface area (Å²) >= 11 is 6.15. The molecule has 0 radical (unpaired) electrons. The number of nitrogens with zero attached hydrogens (tertiary/aromatic N) is 1. The average Bonchev–Trinajstić information content (AvgIpc) is 3.44. The molecular formula is C26H28ClN3O6S2. The van der Waals surface area contributed by atoms with E-state index in [0.29, 0.717) is 24.5 Å². The lowest BCUT2D eigenvalue weighted by Crippen LogP contribution is -2.28. The van der Waals surface area contributed by atoms with E-state index in [1.54, 1.807) is 43.3 Å². The van der Waals surface area contributed by atoms with Crippen molar-refractivity contribution < 1.29 is 26.4 Å². The Bertz CT molecular complexity index is 1520. The van der Waals surface area contributed by atoms with E-state index in [0.717, 1.165) is 18.4 Å². The number of aryl methyl sites for hydroxylation is 1. The maximum atomic E-state index is 12.9. The standard InChI is InChI=1S/C26H28ClN3O6S2/c1-19-6-2-3-7-24(19)29-37(32,33)25-18-20(8-13-23(25)27)26(31)28-14-17-36-21-9-11-22(12-10-21)38(34,35)30-15-4-5-16-30/h2-3,6-13,18,29H,4-5,14-17H2,1H3,(H,28,31). The first-order valence-corrected chi connectivity index (χ1v) is 15.3. The summed E-state index contributed by atoms with van der Waals surface area (Å²) in [5, 5.41) is 2.66. The Balaban J connectivity index is 1.33. The van der Waals surface area contributed by atoms with Gasteiger partial charge in [-0.2, -0.15) is 4.31 Å². The smallest absolute Gasteiger partial charge is 0.263 e. The van der Waals surface area contributed by atoms with Gasteiger partial charge in [-0.15, -0.1) is 0 Å². The molecular weight excluding hydrogens is 550 g/mol. The summed E-state index contributed by atoms with van der Waals surface area (Å²) in [6.45, 7) is 3.10. The van der Waals surface area contributed by atoms with E-state index in [-0.39, 0.29) is 33.5 Å². The minimum atomic E-state index is -4.04. The SMILES string of the molecule is Cc1ccccc1NS(=O)(=O)c1cc(C(=O)NCCOc2ccc(S(=O)(=O)N3CCCC3)cc2)ccc1Cl. The molecule has 1 aliphatic rings. The number of nitrogens with one attached hydrogen (secondary N) is 2. The van der Waals surface area contributed by atoms with Gasteiger partial charge in [-0.25, -0.2) is 16.8 Å². The third-order valence-electron chi connectivity index (χ3n) is 6.06. The lowest BCUT2D eigenvalue weighted by atomic mass is 10.2. The molecule has 0 spiro atoms. The van der Waals surface area contributed by atoms with Crippen LogP contribution in [0.2, 0.25) is 5.02 Å². The Morgan fingerprint density at radius 1 is 0.974 bits per heavy atom. The van der Waals surface area contributed by atoms with E-state index in [1.165, 1.54) is 34.6 Å². The number of carbonyl (C=O) groups is 1. The molecule has 3 aromatic rings. The lowest BCUT2D eigenvalue weighted by molar-refractivity contribution is 0.0946. The zero-order valence-corrected chi connectivity index (χ0v) is 23.1. The zero-order valence-electron chi connectivity index (χ0n) is 20.7. The average molecular weight is 578 g/mol. The highest BCUT2D eigenvalue weighted by Gasteiger charge is 2.27. The number of ether oxygens (including phenoxy) is 1. The second kappa shape index (κ2) is 11.7. The Labute approximate surface area is 227 Å². The molecule has 1 aliphatic heterocycles. The monoisotopic (exact) mass is 577 g/mol. The van der Waals surface area contributed by atoms with Gasteiger partial charge in [-0.3, -0.25) is 9.52 Å². The largest absolute Gasteiger partial charge is 0.492 e. The van der Waals surface area contributed by atoms with Crippen molar-refractivity contribution in [1.82, 2.24) is 9.62 Å². The third kappa shape index (κ3) is 6.47. The maximum Gasteiger partial charge on any atom is 0.263 e.